The maximum atomic E-state index is 14.2. The molecular formula is C27H27N3O4S. The molecule has 4 amide bonds. The molecule has 0 unspecified atom stereocenters. The first kappa shape index (κ1) is 22.3. The highest BCUT2D eigenvalue weighted by Crippen LogP contribution is 2.40. The first-order chi connectivity index (χ1) is 17.1. The number of hydrogen-bond donors (Lipinski definition) is 0. The Kier molecular flexibility index (Phi) is 5.63. The first-order valence-electron chi connectivity index (χ1n) is 12.3. The van der Waals surface area contributed by atoms with E-state index < -0.39 is 18.0 Å². The number of carbonyl (C=O) groups is 4. The molecule has 0 spiro atoms. The van der Waals surface area contributed by atoms with Crippen molar-refractivity contribution in [3.63, 3.8) is 0 Å². The lowest BCUT2D eigenvalue weighted by molar-refractivity contribution is -0.134. The van der Waals surface area contributed by atoms with Crippen molar-refractivity contribution in [2.45, 2.75) is 44.2 Å². The van der Waals surface area contributed by atoms with Gasteiger partial charge in [-0.15, -0.1) is 11.8 Å². The summed E-state index contributed by atoms with van der Waals surface area (Å²) in [5, 5.41) is 0. The molecule has 0 radical (unpaired) electrons. The fraction of sp³-hybridized carbons (Fsp3) is 0.407. The number of hydrogen-bond acceptors (Lipinski definition) is 5. The highest BCUT2D eigenvalue weighted by atomic mass is 32.2. The number of fused-ring (bicyclic) bond motifs is 2. The van der Waals surface area contributed by atoms with Crippen molar-refractivity contribution in [2.75, 3.05) is 23.1 Å². The maximum absolute atomic E-state index is 14.2. The Morgan fingerprint density at radius 1 is 0.857 bits per heavy atom. The first-order valence-corrected chi connectivity index (χ1v) is 13.5. The van der Waals surface area contributed by atoms with E-state index in [2.05, 4.69) is 0 Å². The summed E-state index contributed by atoms with van der Waals surface area (Å²) in [6.07, 6.45) is 3.39. The molecule has 1 saturated heterocycles. The lowest BCUT2D eigenvalue weighted by Gasteiger charge is -2.39. The van der Waals surface area contributed by atoms with E-state index in [0.717, 1.165) is 29.8 Å². The number of amides is 4. The zero-order valence-corrected chi connectivity index (χ0v) is 20.2. The van der Waals surface area contributed by atoms with Gasteiger partial charge in [-0.25, -0.2) is 0 Å². The molecule has 1 saturated carbocycles. The zero-order chi connectivity index (χ0) is 24.1. The van der Waals surface area contributed by atoms with E-state index >= 15 is 0 Å². The van der Waals surface area contributed by atoms with Crippen LogP contribution in [0.2, 0.25) is 0 Å². The molecule has 3 heterocycles. The summed E-state index contributed by atoms with van der Waals surface area (Å²) in [4.78, 5) is 59.1. The Hall–Kier alpha value is -3.13. The largest absolute Gasteiger partial charge is 0.331 e. The normalized spacial score (nSPS) is 25.7. The Balaban J connectivity index is 1.34. The molecule has 35 heavy (non-hydrogen) atoms. The minimum Gasteiger partial charge on any atom is -0.331 e. The van der Waals surface area contributed by atoms with Crippen molar-refractivity contribution in [2.24, 2.45) is 5.92 Å². The van der Waals surface area contributed by atoms with Crippen molar-refractivity contribution in [1.29, 1.82) is 0 Å². The molecule has 3 atom stereocenters. The van der Waals surface area contributed by atoms with Crippen LogP contribution in [0.5, 0.6) is 0 Å². The lowest BCUT2D eigenvalue weighted by Crippen LogP contribution is -2.55. The van der Waals surface area contributed by atoms with Gasteiger partial charge in [0.1, 0.15) is 6.04 Å². The molecular weight excluding hydrogens is 462 g/mol. The van der Waals surface area contributed by atoms with Crippen molar-refractivity contribution < 1.29 is 19.2 Å². The predicted molar refractivity (Wildman–Crippen MR) is 133 cm³/mol. The summed E-state index contributed by atoms with van der Waals surface area (Å²) >= 11 is 1.72. The standard InChI is InChI=1S/C27H27N3O4S/c31-24-18-8-2-3-9-19(18)25(32)30(24)22-12-6-4-10-20(22)26(33)29-21-11-5-1-7-17(21)15-23(29)27(34)28-13-14-35-16-28/h1-3,5,7-9,11,20,22-23H,4,6,10,12-16H2/t20-,22+,23+/m1/s1. The molecule has 1 aliphatic carbocycles. The second kappa shape index (κ2) is 8.82. The Morgan fingerprint density at radius 3 is 2.26 bits per heavy atom. The second-order valence-electron chi connectivity index (χ2n) is 9.68. The van der Waals surface area contributed by atoms with E-state index in [9.17, 15) is 19.2 Å². The number of thioether (sulfide) groups is 1. The van der Waals surface area contributed by atoms with Crippen molar-refractivity contribution in [3.8, 4) is 0 Å². The van der Waals surface area contributed by atoms with E-state index in [1.165, 1.54) is 4.90 Å². The highest BCUT2D eigenvalue weighted by molar-refractivity contribution is 7.99. The van der Waals surface area contributed by atoms with E-state index in [0.29, 0.717) is 42.8 Å². The van der Waals surface area contributed by atoms with Gasteiger partial charge in [0.2, 0.25) is 11.8 Å². The van der Waals surface area contributed by atoms with Crippen LogP contribution in [0.3, 0.4) is 0 Å². The third-order valence-corrected chi connectivity index (χ3v) is 8.73. The third-order valence-electron chi connectivity index (χ3n) is 7.77. The Bertz CT molecular complexity index is 1190. The smallest absolute Gasteiger partial charge is 0.261 e. The number of carbonyl (C=O) groups excluding carboxylic acids is 4. The average molecular weight is 490 g/mol. The zero-order valence-electron chi connectivity index (χ0n) is 19.4. The van der Waals surface area contributed by atoms with Crippen molar-refractivity contribution in [3.05, 3.63) is 65.2 Å². The van der Waals surface area contributed by atoms with E-state index in [1.807, 2.05) is 29.2 Å². The lowest BCUT2D eigenvalue weighted by atomic mass is 9.82. The number of nitrogens with zero attached hydrogens (tertiary/aromatic N) is 3. The van der Waals surface area contributed by atoms with Gasteiger partial charge in [0, 0.05) is 24.4 Å². The van der Waals surface area contributed by atoms with Gasteiger partial charge >= 0.3 is 0 Å². The van der Waals surface area contributed by atoms with Crippen LogP contribution in [0.1, 0.15) is 52.0 Å². The van der Waals surface area contributed by atoms with Crippen LogP contribution < -0.4 is 4.90 Å². The minimum atomic E-state index is -0.580. The predicted octanol–water partition coefficient (Wildman–Crippen LogP) is 3.33. The summed E-state index contributed by atoms with van der Waals surface area (Å²) in [6.45, 7) is 0.694. The van der Waals surface area contributed by atoms with Gasteiger partial charge in [-0.1, -0.05) is 43.2 Å². The molecule has 0 bridgehead atoms. The average Bonchev–Trinajstić information content (AvgIpc) is 3.61. The summed E-state index contributed by atoms with van der Waals surface area (Å²) in [5.74, 6) is 0.214. The molecule has 7 nitrogen and oxygen atoms in total. The van der Waals surface area contributed by atoms with Gasteiger partial charge < -0.3 is 4.90 Å². The van der Waals surface area contributed by atoms with Gasteiger partial charge in [0.15, 0.2) is 0 Å². The third kappa shape index (κ3) is 3.57. The van der Waals surface area contributed by atoms with Crippen LogP contribution in [-0.4, -0.2) is 63.7 Å². The summed E-state index contributed by atoms with van der Waals surface area (Å²) in [7, 11) is 0. The van der Waals surface area contributed by atoms with Gasteiger partial charge in [0.25, 0.3) is 11.8 Å². The maximum Gasteiger partial charge on any atom is 0.261 e. The Labute approximate surface area is 208 Å². The molecule has 6 rings (SSSR count). The quantitative estimate of drug-likeness (QED) is 0.618. The monoisotopic (exact) mass is 489 g/mol. The van der Waals surface area contributed by atoms with Gasteiger partial charge in [-0.2, -0.15) is 0 Å². The molecule has 4 aliphatic rings. The number of anilines is 1. The fourth-order valence-corrected chi connectivity index (χ4v) is 7.01. The van der Waals surface area contributed by atoms with Gasteiger partial charge in [-0.3, -0.25) is 29.0 Å². The molecule has 2 fully saturated rings. The highest BCUT2D eigenvalue weighted by Gasteiger charge is 2.49. The summed E-state index contributed by atoms with van der Waals surface area (Å²) in [6, 6.07) is 13.5. The molecule has 8 heteroatoms. The van der Waals surface area contributed by atoms with Crippen LogP contribution in [0.25, 0.3) is 0 Å². The van der Waals surface area contributed by atoms with Crippen molar-refractivity contribution >= 4 is 41.1 Å². The van der Waals surface area contributed by atoms with Crippen LogP contribution in [-0.2, 0) is 16.0 Å². The van der Waals surface area contributed by atoms with Gasteiger partial charge in [0.05, 0.1) is 29.0 Å². The van der Waals surface area contributed by atoms with Crippen molar-refractivity contribution in [1.82, 2.24) is 9.80 Å². The number of imide groups is 1. The van der Waals surface area contributed by atoms with Crippen LogP contribution in [0.4, 0.5) is 5.69 Å². The second-order valence-corrected chi connectivity index (χ2v) is 10.8. The number of para-hydroxylation sites is 1. The topological polar surface area (TPSA) is 78.0 Å². The van der Waals surface area contributed by atoms with E-state index in [1.54, 1.807) is 40.9 Å². The van der Waals surface area contributed by atoms with E-state index in [4.69, 9.17) is 0 Å². The summed E-state index contributed by atoms with van der Waals surface area (Å²) < 4.78 is 0. The van der Waals surface area contributed by atoms with Gasteiger partial charge in [-0.05, 0) is 36.6 Å². The molecule has 3 aliphatic heterocycles. The van der Waals surface area contributed by atoms with E-state index in [-0.39, 0.29) is 23.6 Å². The Morgan fingerprint density at radius 2 is 1.54 bits per heavy atom. The molecule has 0 N–H and O–H groups in total. The summed E-state index contributed by atoms with van der Waals surface area (Å²) in [5.41, 5.74) is 2.56. The number of benzene rings is 2. The van der Waals surface area contributed by atoms with Crippen LogP contribution in [0, 0.1) is 5.92 Å². The molecule has 2 aromatic rings. The number of rotatable bonds is 3. The van der Waals surface area contributed by atoms with Crippen LogP contribution in [0.15, 0.2) is 48.5 Å². The molecule has 2 aromatic carbocycles. The SMILES string of the molecule is O=C([C@@H]1Cc2ccccc2N1C(=O)[C@@H]1CCCC[C@@H]1N1C(=O)c2ccccc2C1=O)N1CCSC1. The molecule has 180 valence electrons. The van der Waals surface area contributed by atoms with Crippen LogP contribution >= 0.6 is 11.8 Å². The fourth-order valence-electron chi connectivity index (χ4n) is 6.05. The molecule has 0 aromatic heterocycles. The minimum absolute atomic E-state index is 0.0207.